The third-order valence-corrected chi connectivity index (χ3v) is 2.78. The molecule has 0 spiro atoms. The first kappa shape index (κ1) is 10.8. The second-order valence-electron chi connectivity index (χ2n) is 3.20. The molecule has 5 nitrogen and oxygen atoms in total. The Morgan fingerprint density at radius 3 is 2.88 bits per heavy atom. The van der Waals surface area contributed by atoms with Crippen LogP contribution in [0.5, 0.6) is 0 Å². The summed E-state index contributed by atoms with van der Waals surface area (Å²) in [7, 11) is 1.60. The zero-order valence-corrected chi connectivity index (χ0v) is 9.97. The Hall–Kier alpha value is -1.69. The van der Waals surface area contributed by atoms with Crippen LogP contribution in [-0.4, -0.2) is 25.8 Å². The van der Waals surface area contributed by atoms with Crippen molar-refractivity contribution in [3.8, 4) is 11.3 Å². The molecule has 0 atom stereocenters. The molecule has 82 valence electrons. The largest absolute Gasteiger partial charge is 0.477 e. The molecule has 0 unspecified atom stereocenters. The van der Waals surface area contributed by atoms with Crippen molar-refractivity contribution in [1.82, 2.24) is 14.8 Å². The van der Waals surface area contributed by atoms with Crippen LogP contribution >= 0.6 is 15.9 Å². The molecule has 16 heavy (non-hydrogen) atoms. The standard InChI is InChI=1S/C10H8BrN3O2/c1-14-9(10(15)16)4-8(13-14)6-2-3-12-5-7(6)11/h2-5H,1H3,(H,15,16). The van der Waals surface area contributed by atoms with Gasteiger partial charge < -0.3 is 5.11 Å². The van der Waals surface area contributed by atoms with E-state index in [9.17, 15) is 4.79 Å². The number of nitrogens with zero attached hydrogens (tertiary/aromatic N) is 3. The minimum Gasteiger partial charge on any atom is -0.477 e. The normalized spacial score (nSPS) is 10.4. The Morgan fingerprint density at radius 1 is 1.56 bits per heavy atom. The fourth-order valence-electron chi connectivity index (χ4n) is 1.38. The van der Waals surface area contributed by atoms with Gasteiger partial charge in [-0.2, -0.15) is 5.10 Å². The van der Waals surface area contributed by atoms with Crippen LogP contribution in [0.3, 0.4) is 0 Å². The summed E-state index contributed by atoms with van der Waals surface area (Å²) in [5, 5.41) is 13.1. The van der Waals surface area contributed by atoms with E-state index in [1.54, 1.807) is 25.5 Å². The molecule has 0 aliphatic carbocycles. The molecule has 1 N–H and O–H groups in total. The Balaban J connectivity index is 2.54. The van der Waals surface area contributed by atoms with Crippen LogP contribution in [0.1, 0.15) is 10.5 Å². The van der Waals surface area contributed by atoms with E-state index in [0.29, 0.717) is 5.69 Å². The van der Waals surface area contributed by atoms with Gasteiger partial charge in [-0.05, 0) is 28.1 Å². The lowest BCUT2D eigenvalue weighted by Gasteiger charge is -1.97. The van der Waals surface area contributed by atoms with Gasteiger partial charge in [0.25, 0.3) is 0 Å². The molecular formula is C10H8BrN3O2. The van der Waals surface area contributed by atoms with Gasteiger partial charge in [-0.15, -0.1) is 0 Å². The molecule has 0 bridgehead atoms. The number of rotatable bonds is 2. The van der Waals surface area contributed by atoms with E-state index in [1.807, 2.05) is 0 Å². The molecular weight excluding hydrogens is 274 g/mol. The maximum Gasteiger partial charge on any atom is 0.354 e. The van der Waals surface area contributed by atoms with Gasteiger partial charge in [0.2, 0.25) is 0 Å². The van der Waals surface area contributed by atoms with Crippen molar-refractivity contribution < 1.29 is 9.90 Å². The van der Waals surface area contributed by atoms with Crippen molar-refractivity contribution in [2.45, 2.75) is 0 Å². The van der Waals surface area contributed by atoms with Gasteiger partial charge in [0, 0.05) is 29.5 Å². The third kappa shape index (κ3) is 1.83. The Bertz CT molecular complexity index is 551. The molecule has 0 aliphatic heterocycles. The first-order valence-electron chi connectivity index (χ1n) is 4.47. The zero-order valence-electron chi connectivity index (χ0n) is 8.38. The molecule has 0 aliphatic rings. The van der Waals surface area contributed by atoms with E-state index in [0.717, 1.165) is 10.0 Å². The number of carboxylic acids is 1. The molecule has 2 aromatic rings. The summed E-state index contributed by atoms with van der Waals surface area (Å²) in [4.78, 5) is 14.8. The summed E-state index contributed by atoms with van der Waals surface area (Å²) in [6, 6.07) is 3.31. The molecule has 2 heterocycles. The smallest absolute Gasteiger partial charge is 0.354 e. The van der Waals surface area contributed by atoms with Crippen molar-refractivity contribution in [2.75, 3.05) is 0 Å². The third-order valence-electron chi connectivity index (χ3n) is 2.15. The Morgan fingerprint density at radius 2 is 2.31 bits per heavy atom. The number of halogens is 1. The summed E-state index contributed by atoms with van der Waals surface area (Å²) < 4.78 is 2.12. The molecule has 0 radical (unpaired) electrons. The second-order valence-corrected chi connectivity index (χ2v) is 4.05. The van der Waals surface area contributed by atoms with Crippen molar-refractivity contribution in [2.24, 2.45) is 7.05 Å². The van der Waals surface area contributed by atoms with Gasteiger partial charge in [-0.25, -0.2) is 4.79 Å². The highest BCUT2D eigenvalue weighted by molar-refractivity contribution is 9.10. The van der Waals surface area contributed by atoms with E-state index in [4.69, 9.17) is 5.11 Å². The van der Waals surface area contributed by atoms with Crippen LogP contribution in [0.25, 0.3) is 11.3 Å². The van der Waals surface area contributed by atoms with E-state index in [-0.39, 0.29) is 5.69 Å². The van der Waals surface area contributed by atoms with E-state index in [2.05, 4.69) is 26.0 Å². The Labute approximate surface area is 99.9 Å². The predicted molar refractivity (Wildman–Crippen MR) is 61.1 cm³/mol. The molecule has 2 aromatic heterocycles. The summed E-state index contributed by atoms with van der Waals surface area (Å²) in [5.41, 5.74) is 1.57. The van der Waals surface area contributed by atoms with Crippen molar-refractivity contribution >= 4 is 21.9 Å². The highest BCUT2D eigenvalue weighted by Gasteiger charge is 2.14. The molecule has 0 saturated carbocycles. The maximum absolute atomic E-state index is 10.9. The van der Waals surface area contributed by atoms with Crippen LogP contribution in [-0.2, 0) is 7.05 Å². The second kappa shape index (κ2) is 4.05. The van der Waals surface area contributed by atoms with Gasteiger partial charge in [-0.3, -0.25) is 9.67 Å². The van der Waals surface area contributed by atoms with Gasteiger partial charge >= 0.3 is 5.97 Å². The van der Waals surface area contributed by atoms with Crippen molar-refractivity contribution in [3.63, 3.8) is 0 Å². The number of pyridine rings is 1. The summed E-state index contributed by atoms with van der Waals surface area (Å²) in [5.74, 6) is -0.994. The molecule has 0 aromatic carbocycles. The van der Waals surface area contributed by atoms with Crippen molar-refractivity contribution in [1.29, 1.82) is 0 Å². The van der Waals surface area contributed by atoms with Crippen LogP contribution in [0.2, 0.25) is 0 Å². The summed E-state index contributed by atoms with van der Waals surface area (Å²) in [6.45, 7) is 0. The predicted octanol–water partition coefficient (Wildman–Crippen LogP) is 1.94. The SMILES string of the molecule is Cn1nc(-c2ccncc2Br)cc1C(=O)O. The lowest BCUT2D eigenvalue weighted by Crippen LogP contribution is -2.04. The first-order valence-corrected chi connectivity index (χ1v) is 5.26. The fourth-order valence-corrected chi connectivity index (χ4v) is 1.84. The molecule has 6 heteroatoms. The van der Waals surface area contributed by atoms with Gasteiger partial charge in [0.1, 0.15) is 5.69 Å². The van der Waals surface area contributed by atoms with Crippen LogP contribution in [0.4, 0.5) is 0 Å². The number of carboxylic acid groups (broad SMARTS) is 1. The highest BCUT2D eigenvalue weighted by atomic mass is 79.9. The summed E-state index contributed by atoms with van der Waals surface area (Å²) in [6.07, 6.45) is 3.28. The van der Waals surface area contributed by atoms with Gasteiger partial charge in [0.05, 0.1) is 5.69 Å². The van der Waals surface area contributed by atoms with E-state index < -0.39 is 5.97 Å². The average Bonchev–Trinajstić information content (AvgIpc) is 2.61. The monoisotopic (exact) mass is 281 g/mol. The molecule has 2 rings (SSSR count). The van der Waals surface area contributed by atoms with Gasteiger partial charge in [-0.1, -0.05) is 0 Å². The summed E-state index contributed by atoms with van der Waals surface area (Å²) >= 11 is 3.34. The maximum atomic E-state index is 10.9. The number of hydrogen-bond donors (Lipinski definition) is 1. The number of aromatic nitrogens is 3. The molecule has 0 saturated heterocycles. The van der Waals surface area contributed by atoms with Crippen LogP contribution in [0.15, 0.2) is 29.0 Å². The topological polar surface area (TPSA) is 68.0 Å². The Kier molecular flexibility index (Phi) is 2.74. The number of aromatic carboxylic acids is 1. The fraction of sp³-hybridized carbons (Fsp3) is 0.100. The highest BCUT2D eigenvalue weighted by Crippen LogP contribution is 2.26. The van der Waals surface area contributed by atoms with E-state index >= 15 is 0 Å². The van der Waals surface area contributed by atoms with Gasteiger partial charge in [0.15, 0.2) is 0 Å². The minimum absolute atomic E-state index is 0.152. The number of carbonyl (C=O) groups is 1. The first-order chi connectivity index (χ1) is 7.59. The molecule has 0 amide bonds. The minimum atomic E-state index is -0.994. The lowest BCUT2D eigenvalue weighted by atomic mass is 10.2. The van der Waals surface area contributed by atoms with E-state index in [1.165, 1.54) is 10.7 Å². The lowest BCUT2D eigenvalue weighted by molar-refractivity contribution is 0.0685. The zero-order chi connectivity index (χ0) is 11.7. The average molecular weight is 282 g/mol. The number of hydrogen-bond acceptors (Lipinski definition) is 3. The number of aryl methyl sites for hydroxylation is 1. The van der Waals surface area contributed by atoms with Crippen molar-refractivity contribution in [3.05, 3.63) is 34.7 Å². The van der Waals surface area contributed by atoms with Crippen LogP contribution < -0.4 is 0 Å². The molecule has 0 fully saturated rings. The van der Waals surface area contributed by atoms with Crippen LogP contribution in [0, 0.1) is 0 Å². The quantitative estimate of drug-likeness (QED) is 0.914.